The summed E-state index contributed by atoms with van der Waals surface area (Å²) >= 11 is 0.947. The van der Waals surface area contributed by atoms with E-state index in [9.17, 15) is 22.8 Å². The fourth-order valence-electron chi connectivity index (χ4n) is 2.45. The zero-order valence-electron chi connectivity index (χ0n) is 13.2. The number of aryl methyl sites for hydroxylation is 2. The molecule has 0 amide bonds. The molecule has 0 aliphatic carbocycles. The topological polar surface area (TPSA) is 76.6 Å². The van der Waals surface area contributed by atoms with Crippen molar-refractivity contribution in [2.45, 2.75) is 46.0 Å². The first-order valence-electron chi connectivity index (χ1n) is 7.11. The number of fused-ring (bicyclic) bond motifs is 1. The van der Waals surface area contributed by atoms with Crippen molar-refractivity contribution in [1.82, 2.24) is 9.13 Å². The highest BCUT2D eigenvalue weighted by Crippen LogP contribution is 2.28. The van der Waals surface area contributed by atoms with Crippen LogP contribution in [0.15, 0.2) is 14.7 Å². The van der Waals surface area contributed by atoms with Gasteiger partial charge in [0.05, 0.1) is 22.9 Å². The Balaban J connectivity index is 2.86. The van der Waals surface area contributed by atoms with Gasteiger partial charge in [-0.2, -0.15) is 13.2 Å². The Hall–Kier alpha value is -2.10. The summed E-state index contributed by atoms with van der Waals surface area (Å²) in [5.41, 5.74) is -0.868. The summed E-state index contributed by atoms with van der Waals surface area (Å²) in [6.45, 7) is 4.24. The minimum Gasteiger partial charge on any atom is -0.411 e. The van der Waals surface area contributed by atoms with Gasteiger partial charge in [0.25, 0.3) is 5.56 Å². The van der Waals surface area contributed by atoms with Gasteiger partial charge < -0.3 is 5.21 Å². The van der Waals surface area contributed by atoms with E-state index in [1.165, 1.54) is 0 Å². The summed E-state index contributed by atoms with van der Waals surface area (Å²) in [5, 5.41) is 11.8. The van der Waals surface area contributed by atoms with E-state index in [-0.39, 0.29) is 10.2 Å². The minimum atomic E-state index is -4.42. The van der Waals surface area contributed by atoms with E-state index in [2.05, 4.69) is 5.16 Å². The molecule has 0 saturated carbocycles. The van der Waals surface area contributed by atoms with Crippen LogP contribution in [0.1, 0.15) is 36.8 Å². The van der Waals surface area contributed by atoms with E-state index in [0.29, 0.717) is 10.4 Å². The lowest BCUT2D eigenvalue weighted by Gasteiger charge is -2.15. The van der Waals surface area contributed by atoms with Crippen molar-refractivity contribution < 1.29 is 18.4 Å². The summed E-state index contributed by atoms with van der Waals surface area (Å²) in [6.07, 6.45) is -4.51. The van der Waals surface area contributed by atoms with Gasteiger partial charge in [-0.1, -0.05) is 5.16 Å². The second-order valence-electron chi connectivity index (χ2n) is 5.58. The van der Waals surface area contributed by atoms with Crippen molar-refractivity contribution in [2.24, 2.45) is 5.16 Å². The highest BCUT2D eigenvalue weighted by Gasteiger charge is 2.28. The minimum absolute atomic E-state index is 0.151. The SMILES string of the molecule is Cc1c(/C=N\O)sc2c1c(=O)n(C(C)C)c(=O)n2CCC(F)(F)F. The maximum absolute atomic E-state index is 12.6. The number of thiophene rings is 1. The Labute approximate surface area is 138 Å². The quantitative estimate of drug-likeness (QED) is 0.516. The first kappa shape index (κ1) is 18.2. The largest absolute Gasteiger partial charge is 0.411 e. The van der Waals surface area contributed by atoms with Crippen LogP contribution in [0.25, 0.3) is 10.2 Å². The lowest BCUT2D eigenvalue weighted by atomic mass is 10.2. The van der Waals surface area contributed by atoms with E-state index in [4.69, 9.17) is 5.21 Å². The van der Waals surface area contributed by atoms with Crippen molar-refractivity contribution >= 4 is 27.8 Å². The smallest absolute Gasteiger partial charge is 0.390 e. The molecular formula is C14H16F3N3O3S. The van der Waals surface area contributed by atoms with Crippen LogP contribution in [0.4, 0.5) is 13.2 Å². The lowest BCUT2D eigenvalue weighted by molar-refractivity contribution is -0.136. The second kappa shape index (κ2) is 6.42. The van der Waals surface area contributed by atoms with Gasteiger partial charge in [0.15, 0.2) is 0 Å². The molecule has 0 fully saturated rings. The third kappa shape index (κ3) is 3.23. The van der Waals surface area contributed by atoms with Gasteiger partial charge in [-0.25, -0.2) is 4.79 Å². The molecule has 0 radical (unpaired) electrons. The van der Waals surface area contributed by atoms with Crippen molar-refractivity contribution in [3.8, 4) is 0 Å². The van der Waals surface area contributed by atoms with E-state index < -0.39 is 36.4 Å². The van der Waals surface area contributed by atoms with Crippen LogP contribution in [-0.4, -0.2) is 26.7 Å². The molecule has 2 aromatic rings. The van der Waals surface area contributed by atoms with E-state index in [0.717, 1.165) is 26.7 Å². The lowest BCUT2D eigenvalue weighted by Crippen LogP contribution is -2.41. The fraction of sp³-hybridized carbons (Fsp3) is 0.500. The van der Waals surface area contributed by atoms with E-state index in [1.54, 1.807) is 20.8 Å². The molecule has 0 atom stereocenters. The molecule has 1 N–H and O–H groups in total. The monoisotopic (exact) mass is 363 g/mol. The molecule has 0 aliphatic heterocycles. The first-order chi connectivity index (χ1) is 11.1. The van der Waals surface area contributed by atoms with Gasteiger partial charge >= 0.3 is 11.9 Å². The maximum atomic E-state index is 12.6. The highest BCUT2D eigenvalue weighted by atomic mass is 32.1. The molecule has 0 unspecified atom stereocenters. The summed E-state index contributed by atoms with van der Waals surface area (Å²) in [6, 6.07) is -0.499. The van der Waals surface area contributed by atoms with Gasteiger partial charge in [0.2, 0.25) is 0 Å². The first-order valence-corrected chi connectivity index (χ1v) is 7.92. The number of hydrogen-bond acceptors (Lipinski definition) is 5. The molecule has 0 bridgehead atoms. The molecule has 2 heterocycles. The van der Waals surface area contributed by atoms with Crippen molar-refractivity contribution in [1.29, 1.82) is 0 Å². The average Bonchev–Trinajstić information content (AvgIpc) is 2.75. The number of nitrogens with zero attached hydrogens (tertiary/aromatic N) is 3. The molecule has 0 saturated heterocycles. The zero-order chi connectivity index (χ0) is 18.2. The van der Waals surface area contributed by atoms with Crippen LogP contribution >= 0.6 is 11.3 Å². The highest BCUT2D eigenvalue weighted by molar-refractivity contribution is 7.20. The van der Waals surface area contributed by atoms with Crippen LogP contribution in [0.2, 0.25) is 0 Å². The van der Waals surface area contributed by atoms with Crippen molar-refractivity contribution in [3.63, 3.8) is 0 Å². The third-order valence-corrected chi connectivity index (χ3v) is 4.84. The molecule has 0 aromatic carbocycles. The molecule has 2 aromatic heterocycles. The van der Waals surface area contributed by atoms with Gasteiger partial charge in [0.1, 0.15) is 4.83 Å². The Morgan fingerprint density at radius 3 is 2.46 bits per heavy atom. The zero-order valence-corrected chi connectivity index (χ0v) is 14.0. The fourth-order valence-corrected chi connectivity index (χ4v) is 3.63. The summed E-state index contributed by atoms with van der Waals surface area (Å²) in [5.74, 6) is 0. The normalized spacial score (nSPS) is 12.8. The number of alkyl halides is 3. The molecule has 10 heteroatoms. The Bertz CT molecular complexity index is 906. The maximum Gasteiger partial charge on any atom is 0.390 e. The van der Waals surface area contributed by atoms with Crippen LogP contribution in [0.5, 0.6) is 0 Å². The average molecular weight is 363 g/mol. The van der Waals surface area contributed by atoms with Gasteiger partial charge in [-0.3, -0.25) is 13.9 Å². The molecule has 6 nitrogen and oxygen atoms in total. The summed E-state index contributed by atoms with van der Waals surface area (Å²) in [4.78, 5) is 25.7. The Morgan fingerprint density at radius 2 is 1.96 bits per heavy atom. The summed E-state index contributed by atoms with van der Waals surface area (Å²) in [7, 11) is 0. The second-order valence-corrected chi connectivity index (χ2v) is 6.61. The number of oxime groups is 1. The van der Waals surface area contributed by atoms with E-state index in [1.807, 2.05) is 0 Å². The Kier molecular flexibility index (Phi) is 4.88. The molecular weight excluding hydrogens is 347 g/mol. The van der Waals surface area contributed by atoms with Crippen LogP contribution in [-0.2, 0) is 6.54 Å². The predicted octanol–water partition coefficient (Wildman–Crippen LogP) is 2.87. The standard InChI is InChI=1S/C14H16F3N3O3S/c1-7(2)20-11(21)10-8(3)9(6-18-23)24-12(10)19(13(20)22)5-4-14(15,16)17/h6-7,23H,4-5H2,1-3H3/b18-6-. The van der Waals surface area contributed by atoms with Crippen LogP contribution < -0.4 is 11.2 Å². The van der Waals surface area contributed by atoms with Crippen molar-refractivity contribution in [2.75, 3.05) is 0 Å². The molecule has 2 rings (SSSR count). The van der Waals surface area contributed by atoms with Gasteiger partial charge in [-0.15, -0.1) is 11.3 Å². The predicted molar refractivity (Wildman–Crippen MR) is 85.5 cm³/mol. The molecule has 132 valence electrons. The van der Waals surface area contributed by atoms with E-state index >= 15 is 0 Å². The Morgan fingerprint density at radius 1 is 1.33 bits per heavy atom. The number of rotatable bonds is 4. The van der Waals surface area contributed by atoms with Crippen LogP contribution in [0, 0.1) is 6.92 Å². The van der Waals surface area contributed by atoms with Gasteiger partial charge in [0, 0.05) is 12.6 Å². The molecule has 0 aliphatic rings. The third-order valence-electron chi connectivity index (χ3n) is 3.59. The molecule has 24 heavy (non-hydrogen) atoms. The van der Waals surface area contributed by atoms with Gasteiger partial charge in [-0.05, 0) is 26.3 Å². The molecule has 0 spiro atoms. The van der Waals surface area contributed by atoms with Crippen LogP contribution in [0.3, 0.4) is 0 Å². The number of hydrogen-bond donors (Lipinski definition) is 1. The van der Waals surface area contributed by atoms with Crippen molar-refractivity contribution in [3.05, 3.63) is 31.3 Å². The number of aromatic nitrogens is 2. The number of halogens is 3. The summed E-state index contributed by atoms with van der Waals surface area (Å²) < 4.78 is 39.7.